The molecule has 2 rings (SSSR count). The fourth-order valence-electron chi connectivity index (χ4n) is 2.15. The fraction of sp³-hybridized carbons (Fsp3) is 0.250. The molecule has 0 atom stereocenters. The van der Waals surface area contributed by atoms with Crippen molar-refractivity contribution in [3.05, 3.63) is 70.5 Å². The smallest absolute Gasteiger partial charge is 0.212 e. The highest BCUT2D eigenvalue weighted by Gasteiger charge is 2.22. The number of hydrogen-bond donors (Lipinski definition) is 0. The van der Waals surface area contributed by atoms with Gasteiger partial charge in [-0.25, -0.2) is 12.8 Å². The van der Waals surface area contributed by atoms with E-state index in [-0.39, 0.29) is 12.3 Å². The van der Waals surface area contributed by atoms with Crippen LogP contribution in [0.15, 0.2) is 48.5 Å². The van der Waals surface area contributed by atoms with Crippen LogP contribution in [0.3, 0.4) is 0 Å². The third-order valence-corrected chi connectivity index (χ3v) is 5.53. The van der Waals surface area contributed by atoms with Crippen LogP contribution in [0.1, 0.15) is 18.1 Å². The SMILES string of the molecule is CCN(Cc1ccccc1Cl)S(=O)(=O)Cc1cccc(F)c1. The standard InChI is InChI=1S/C16H17ClFNO2S/c1-2-19(11-14-7-3-4-9-16(14)17)22(20,21)12-13-6-5-8-15(18)10-13/h3-10H,2,11-12H2,1H3. The quantitative estimate of drug-likeness (QED) is 0.800. The molecule has 0 N–H and O–H groups in total. The number of sulfonamides is 1. The monoisotopic (exact) mass is 341 g/mol. The van der Waals surface area contributed by atoms with Crippen molar-refractivity contribution in [1.29, 1.82) is 0 Å². The van der Waals surface area contributed by atoms with Crippen LogP contribution in [0, 0.1) is 5.82 Å². The second-order valence-electron chi connectivity index (χ2n) is 4.90. The summed E-state index contributed by atoms with van der Waals surface area (Å²) in [5.74, 6) is -0.676. The summed E-state index contributed by atoms with van der Waals surface area (Å²) >= 11 is 6.09. The first-order chi connectivity index (χ1) is 10.4. The molecule has 0 amide bonds. The lowest BCUT2D eigenvalue weighted by Gasteiger charge is -2.21. The van der Waals surface area contributed by atoms with Crippen LogP contribution in [0.25, 0.3) is 0 Å². The Bertz CT molecular complexity index is 749. The van der Waals surface area contributed by atoms with Gasteiger partial charge in [0.25, 0.3) is 0 Å². The van der Waals surface area contributed by atoms with Crippen molar-refractivity contribution in [1.82, 2.24) is 4.31 Å². The van der Waals surface area contributed by atoms with Gasteiger partial charge in [-0.05, 0) is 29.3 Å². The molecule has 0 fully saturated rings. The highest BCUT2D eigenvalue weighted by molar-refractivity contribution is 7.88. The molecule has 0 aromatic heterocycles. The zero-order chi connectivity index (χ0) is 16.2. The lowest BCUT2D eigenvalue weighted by atomic mass is 10.2. The highest BCUT2D eigenvalue weighted by Crippen LogP contribution is 2.20. The normalized spacial score (nSPS) is 11.8. The third-order valence-electron chi connectivity index (χ3n) is 3.29. The molecule has 0 heterocycles. The van der Waals surface area contributed by atoms with Crippen molar-refractivity contribution in [2.45, 2.75) is 19.2 Å². The predicted molar refractivity (Wildman–Crippen MR) is 86.6 cm³/mol. The molecule has 3 nitrogen and oxygen atoms in total. The minimum absolute atomic E-state index is 0.202. The molecule has 0 bridgehead atoms. The minimum atomic E-state index is -3.55. The average Bonchev–Trinajstić information content (AvgIpc) is 2.45. The maximum Gasteiger partial charge on any atom is 0.218 e. The van der Waals surface area contributed by atoms with Crippen molar-refractivity contribution < 1.29 is 12.8 Å². The first-order valence-corrected chi connectivity index (χ1v) is 8.87. The second kappa shape index (κ2) is 7.22. The minimum Gasteiger partial charge on any atom is -0.212 e. The lowest BCUT2D eigenvalue weighted by Crippen LogP contribution is -2.31. The van der Waals surface area contributed by atoms with Crippen molar-refractivity contribution >= 4 is 21.6 Å². The molecule has 0 saturated carbocycles. The van der Waals surface area contributed by atoms with Gasteiger partial charge in [0.15, 0.2) is 0 Å². The topological polar surface area (TPSA) is 37.4 Å². The zero-order valence-corrected chi connectivity index (χ0v) is 13.7. The first kappa shape index (κ1) is 16.9. The molecule has 6 heteroatoms. The fourth-order valence-corrected chi connectivity index (χ4v) is 3.86. The molecule has 0 unspecified atom stereocenters. The van der Waals surface area contributed by atoms with Crippen molar-refractivity contribution in [3.63, 3.8) is 0 Å². The molecule has 0 aliphatic heterocycles. The molecular formula is C16H17ClFNO2S. The van der Waals surface area contributed by atoms with Crippen LogP contribution in [0.2, 0.25) is 5.02 Å². The molecule has 2 aromatic carbocycles. The van der Waals surface area contributed by atoms with E-state index in [2.05, 4.69) is 0 Å². The summed E-state index contributed by atoms with van der Waals surface area (Å²) < 4.78 is 39.6. The lowest BCUT2D eigenvalue weighted by molar-refractivity contribution is 0.423. The molecule has 0 radical (unpaired) electrons. The van der Waals surface area contributed by atoms with Crippen molar-refractivity contribution in [2.75, 3.05) is 6.54 Å². The Labute approximate surface area is 135 Å². The van der Waals surface area contributed by atoms with Gasteiger partial charge >= 0.3 is 0 Å². The largest absolute Gasteiger partial charge is 0.218 e. The van der Waals surface area contributed by atoms with Crippen LogP contribution in [0.4, 0.5) is 4.39 Å². The van der Waals surface area contributed by atoms with Crippen LogP contribution in [-0.4, -0.2) is 19.3 Å². The van der Waals surface area contributed by atoms with Crippen LogP contribution < -0.4 is 0 Å². The van der Waals surface area contributed by atoms with Gasteiger partial charge in [0.1, 0.15) is 5.82 Å². The molecule has 0 aliphatic rings. The maximum absolute atomic E-state index is 13.2. The maximum atomic E-state index is 13.2. The second-order valence-corrected chi connectivity index (χ2v) is 7.28. The summed E-state index contributed by atoms with van der Waals surface area (Å²) in [5.41, 5.74) is 1.17. The van der Waals surface area contributed by atoms with E-state index in [4.69, 9.17) is 11.6 Å². The van der Waals surface area contributed by atoms with E-state index in [0.717, 1.165) is 5.56 Å². The Balaban J connectivity index is 2.20. The van der Waals surface area contributed by atoms with Gasteiger partial charge in [0.05, 0.1) is 5.75 Å². The molecule has 0 saturated heterocycles. The van der Waals surface area contributed by atoms with E-state index in [0.29, 0.717) is 17.1 Å². The van der Waals surface area contributed by atoms with Crippen LogP contribution >= 0.6 is 11.6 Å². The van der Waals surface area contributed by atoms with Gasteiger partial charge in [-0.15, -0.1) is 0 Å². The first-order valence-electron chi connectivity index (χ1n) is 6.88. The molecule has 118 valence electrons. The van der Waals surface area contributed by atoms with Crippen LogP contribution in [0.5, 0.6) is 0 Å². The van der Waals surface area contributed by atoms with E-state index in [1.807, 2.05) is 6.07 Å². The van der Waals surface area contributed by atoms with Gasteiger partial charge in [0, 0.05) is 18.1 Å². The van der Waals surface area contributed by atoms with Gasteiger partial charge < -0.3 is 0 Å². The number of hydrogen-bond acceptors (Lipinski definition) is 2. The summed E-state index contributed by atoms with van der Waals surface area (Å²) in [4.78, 5) is 0. The van der Waals surface area contributed by atoms with E-state index in [1.165, 1.54) is 22.5 Å². The summed E-state index contributed by atoms with van der Waals surface area (Å²) in [6, 6.07) is 12.8. The Hall–Kier alpha value is -1.43. The summed E-state index contributed by atoms with van der Waals surface area (Å²) in [6.07, 6.45) is 0. The van der Waals surface area contributed by atoms with Crippen molar-refractivity contribution in [2.24, 2.45) is 0 Å². The molecule has 0 spiro atoms. The summed E-state index contributed by atoms with van der Waals surface area (Å²) in [6.45, 7) is 2.29. The number of rotatable bonds is 6. The molecule has 22 heavy (non-hydrogen) atoms. The van der Waals surface area contributed by atoms with Gasteiger partial charge in [-0.1, -0.05) is 48.9 Å². The van der Waals surface area contributed by atoms with Gasteiger partial charge in [-0.2, -0.15) is 4.31 Å². The van der Waals surface area contributed by atoms with E-state index >= 15 is 0 Å². The van der Waals surface area contributed by atoms with Crippen LogP contribution in [-0.2, 0) is 22.3 Å². The molecule has 2 aromatic rings. The Morgan fingerprint density at radius 1 is 1.14 bits per heavy atom. The van der Waals surface area contributed by atoms with Gasteiger partial charge in [0.2, 0.25) is 10.0 Å². The summed E-state index contributed by atoms with van der Waals surface area (Å²) in [7, 11) is -3.55. The third kappa shape index (κ3) is 4.29. The number of nitrogens with zero attached hydrogens (tertiary/aromatic N) is 1. The van der Waals surface area contributed by atoms with E-state index in [9.17, 15) is 12.8 Å². The summed E-state index contributed by atoms with van der Waals surface area (Å²) in [5, 5.41) is 0.530. The predicted octanol–water partition coefficient (Wildman–Crippen LogP) is 3.83. The highest BCUT2D eigenvalue weighted by atomic mass is 35.5. The average molecular weight is 342 g/mol. The molecule has 0 aliphatic carbocycles. The van der Waals surface area contributed by atoms with Crippen molar-refractivity contribution in [3.8, 4) is 0 Å². The Kier molecular flexibility index (Phi) is 5.56. The molecular weight excluding hydrogens is 325 g/mol. The van der Waals surface area contributed by atoms with E-state index < -0.39 is 15.8 Å². The van der Waals surface area contributed by atoms with Gasteiger partial charge in [-0.3, -0.25) is 0 Å². The Morgan fingerprint density at radius 2 is 1.86 bits per heavy atom. The Morgan fingerprint density at radius 3 is 2.50 bits per heavy atom. The zero-order valence-electron chi connectivity index (χ0n) is 12.2. The number of benzene rings is 2. The number of halogens is 2. The van der Waals surface area contributed by atoms with E-state index in [1.54, 1.807) is 31.2 Å².